The van der Waals surface area contributed by atoms with E-state index in [9.17, 15) is 4.79 Å². The number of carbonyl (C=O) groups is 1. The summed E-state index contributed by atoms with van der Waals surface area (Å²) in [6.45, 7) is 0. The Balaban J connectivity index is 1.79. The molecule has 1 amide bonds. The van der Waals surface area contributed by atoms with Crippen molar-refractivity contribution in [3.8, 4) is 11.5 Å². The minimum Gasteiger partial charge on any atom is -0.493 e. The molecule has 3 aromatic rings. The standard InChI is InChI=1S/C17H16N4O3/c1-23-15-8-11-7-14(20-13(11)9-16(15)24-2)17(22)21-19-10-12-5-3-4-6-18-12/h3-10,20H,1-2H3,(H,21,22). The number of amides is 1. The van der Waals surface area contributed by atoms with Crippen LogP contribution in [-0.2, 0) is 0 Å². The van der Waals surface area contributed by atoms with Crippen LogP contribution < -0.4 is 14.9 Å². The van der Waals surface area contributed by atoms with Crippen LogP contribution in [0.4, 0.5) is 0 Å². The van der Waals surface area contributed by atoms with Gasteiger partial charge >= 0.3 is 0 Å². The van der Waals surface area contributed by atoms with Gasteiger partial charge in [-0.25, -0.2) is 5.43 Å². The fourth-order valence-electron chi connectivity index (χ4n) is 2.25. The molecule has 0 bridgehead atoms. The van der Waals surface area contributed by atoms with E-state index < -0.39 is 0 Å². The maximum Gasteiger partial charge on any atom is 0.287 e. The zero-order valence-electron chi connectivity index (χ0n) is 13.2. The number of hydrazone groups is 1. The summed E-state index contributed by atoms with van der Waals surface area (Å²) in [5, 5.41) is 4.74. The Morgan fingerprint density at radius 1 is 1.21 bits per heavy atom. The first kappa shape index (κ1) is 15.5. The molecule has 0 fully saturated rings. The van der Waals surface area contributed by atoms with E-state index in [1.165, 1.54) is 6.21 Å². The number of methoxy groups -OCH3 is 2. The summed E-state index contributed by atoms with van der Waals surface area (Å²) in [7, 11) is 3.13. The lowest BCUT2D eigenvalue weighted by atomic mass is 10.2. The number of aromatic amines is 1. The third kappa shape index (κ3) is 3.19. The van der Waals surface area contributed by atoms with Crippen LogP contribution in [0.25, 0.3) is 10.9 Å². The van der Waals surface area contributed by atoms with E-state index in [0.29, 0.717) is 22.9 Å². The third-order valence-electron chi connectivity index (χ3n) is 3.42. The molecule has 0 unspecified atom stereocenters. The summed E-state index contributed by atoms with van der Waals surface area (Å²) in [6.07, 6.45) is 3.13. The minimum atomic E-state index is -0.351. The number of carbonyl (C=O) groups excluding carboxylic acids is 1. The van der Waals surface area contributed by atoms with Crippen LogP contribution in [-0.4, -0.2) is 36.3 Å². The van der Waals surface area contributed by atoms with Crippen molar-refractivity contribution in [1.29, 1.82) is 0 Å². The number of H-pyrrole nitrogens is 1. The highest BCUT2D eigenvalue weighted by Gasteiger charge is 2.12. The van der Waals surface area contributed by atoms with Gasteiger partial charge in [0.15, 0.2) is 11.5 Å². The molecule has 24 heavy (non-hydrogen) atoms. The molecule has 0 radical (unpaired) electrons. The Labute approximate surface area is 138 Å². The lowest BCUT2D eigenvalue weighted by Gasteiger charge is -2.06. The second-order valence-electron chi connectivity index (χ2n) is 4.93. The summed E-state index contributed by atoms with van der Waals surface area (Å²) in [4.78, 5) is 19.3. The fourth-order valence-corrected chi connectivity index (χ4v) is 2.25. The van der Waals surface area contributed by atoms with Crippen molar-refractivity contribution >= 4 is 23.0 Å². The van der Waals surface area contributed by atoms with Crippen molar-refractivity contribution in [3.05, 3.63) is 54.0 Å². The van der Waals surface area contributed by atoms with E-state index in [2.05, 4.69) is 20.5 Å². The van der Waals surface area contributed by atoms with Crippen LogP contribution in [0.15, 0.2) is 47.7 Å². The van der Waals surface area contributed by atoms with Crippen molar-refractivity contribution in [2.75, 3.05) is 14.2 Å². The van der Waals surface area contributed by atoms with Gasteiger partial charge in [0, 0.05) is 23.2 Å². The molecule has 7 heteroatoms. The highest BCUT2D eigenvalue weighted by Crippen LogP contribution is 2.32. The molecule has 0 spiro atoms. The van der Waals surface area contributed by atoms with E-state index in [1.54, 1.807) is 44.7 Å². The Morgan fingerprint density at radius 2 is 2.00 bits per heavy atom. The first-order valence-electron chi connectivity index (χ1n) is 7.20. The second kappa shape index (κ2) is 6.82. The highest BCUT2D eigenvalue weighted by molar-refractivity contribution is 5.99. The Morgan fingerprint density at radius 3 is 2.71 bits per heavy atom. The van der Waals surface area contributed by atoms with Gasteiger partial charge in [-0.15, -0.1) is 0 Å². The quantitative estimate of drug-likeness (QED) is 0.557. The number of hydrogen-bond acceptors (Lipinski definition) is 5. The molecule has 2 N–H and O–H groups in total. The van der Waals surface area contributed by atoms with Gasteiger partial charge in [-0.2, -0.15) is 5.10 Å². The normalized spacial score (nSPS) is 10.9. The molecule has 0 aliphatic carbocycles. The lowest BCUT2D eigenvalue weighted by molar-refractivity contribution is 0.0951. The fraction of sp³-hybridized carbons (Fsp3) is 0.118. The Bertz CT molecular complexity index is 846. The number of pyridine rings is 1. The molecule has 122 valence electrons. The van der Waals surface area contributed by atoms with E-state index in [-0.39, 0.29) is 5.91 Å². The molecule has 2 heterocycles. The molecule has 0 saturated carbocycles. The summed E-state index contributed by atoms with van der Waals surface area (Å²) in [5.41, 5.74) is 4.28. The van der Waals surface area contributed by atoms with Crippen LogP contribution in [0.1, 0.15) is 16.2 Å². The van der Waals surface area contributed by atoms with E-state index >= 15 is 0 Å². The van der Waals surface area contributed by atoms with Crippen LogP contribution in [0.5, 0.6) is 11.5 Å². The van der Waals surface area contributed by atoms with Gasteiger partial charge in [0.1, 0.15) is 5.69 Å². The van der Waals surface area contributed by atoms with Crippen molar-refractivity contribution in [3.63, 3.8) is 0 Å². The summed E-state index contributed by atoms with van der Waals surface area (Å²) in [5.74, 6) is 0.840. The highest BCUT2D eigenvalue weighted by atomic mass is 16.5. The number of benzene rings is 1. The predicted octanol–water partition coefficient (Wildman–Crippen LogP) is 2.34. The molecule has 0 aliphatic heterocycles. The van der Waals surface area contributed by atoms with Gasteiger partial charge in [0.2, 0.25) is 0 Å². The number of hydrogen-bond donors (Lipinski definition) is 2. The van der Waals surface area contributed by atoms with Crippen LogP contribution in [0.2, 0.25) is 0 Å². The van der Waals surface area contributed by atoms with Gasteiger partial charge in [-0.05, 0) is 24.3 Å². The maximum atomic E-state index is 12.2. The second-order valence-corrected chi connectivity index (χ2v) is 4.93. The third-order valence-corrected chi connectivity index (χ3v) is 3.42. The summed E-state index contributed by atoms with van der Waals surface area (Å²) >= 11 is 0. The first-order chi connectivity index (χ1) is 11.7. The average Bonchev–Trinajstić information content (AvgIpc) is 3.04. The first-order valence-corrected chi connectivity index (χ1v) is 7.20. The van der Waals surface area contributed by atoms with Gasteiger partial charge in [-0.1, -0.05) is 6.07 Å². The van der Waals surface area contributed by atoms with Gasteiger partial charge in [0.05, 0.1) is 26.1 Å². The molecule has 0 saturated heterocycles. The number of aromatic nitrogens is 2. The molecule has 0 atom stereocenters. The largest absolute Gasteiger partial charge is 0.493 e. The molecule has 3 rings (SSSR count). The number of ether oxygens (including phenoxy) is 2. The smallest absolute Gasteiger partial charge is 0.287 e. The molecule has 2 aromatic heterocycles. The van der Waals surface area contributed by atoms with E-state index in [4.69, 9.17) is 9.47 Å². The van der Waals surface area contributed by atoms with Gasteiger partial charge in [0.25, 0.3) is 5.91 Å². The van der Waals surface area contributed by atoms with Crippen molar-refractivity contribution in [2.24, 2.45) is 5.10 Å². The van der Waals surface area contributed by atoms with Crippen molar-refractivity contribution < 1.29 is 14.3 Å². The summed E-state index contributed by atoms with van der Waals surface area (Å²) < 4.78 is 10.5. The zero-order valence-corrected chi connectivity index (χ0v) is 13.2. The van der Waals surface area contributed by atoms with Gasteiger partial charge in [-0.3, -0.25) is 9.78 Å². The zero-order chi connectivity index (χ0) is 16.9. The number of fused-ring (bicyclic) bond motifs is 1. The number of nitrogens with zero attached hydrogens (tertiary/aromatic N) is 2. The Kier molecular flexibility index (Phi) is 4.42. The van der Waals surface area contributed by atoms with E-state index in [1.807, 2.05) is 12.1 Å². The van der Waals surface area contributed by atoms with Crippen molar-refractivity contribution in [2.45, 2.75) is 0 Å². The molecular weight excluding hydrogens is 308 g/mol. The van der Waals surface area contributed by atoms with E-state index in [0.717, 1.165) is 10.9 Å². The topological polar surface area (TPSA) is 88.6 Å². The van der Waals surface area contributed by atoms with Crippen LogP contribution in [0.3, 0.4) is 0 Å². The average molecular weight is 324 g/mol. The maximum absolute atomic E-state index is 12.2. The molecule has 7 nitrogen and oxygen atoms in total. The molecule has 1 aromatic carbocycles. The molecule has 0 aliphatic rings. The number of nitrogens with one attached hydrogen (secondary N) is 2. The predicted molar refractivity (Wildman–Crippen MR) is 90.7 cm³/mol. The minimum absolute atomic E-state index is 0.351. The van der Waals surface area contributed by atoms with Crippen LogP contribution >= 0.6 is 0 Å². The van der Waals surface area contributed by atoms with Gasteiger partial charge < -0.3 is 14.5 Å². The monoisotopic (exact) mass is 324 g/mol. The Hall–Kier alpha value is -3.35. The lowest BCUT2D eigenvalue weighted by Crippen LogP contribution is -2.17. The summed E-state index contributed by atoms with van der Waals surface area (Å²) in [6, 6.07) is 10.7. The van der Waals surface area contributed by atoms with Crippen molar-refractivity contribution in [1.82, 2.24) is 15.4 Å². The number of rotatable bonds is 5. The van der Waals surface area contributed by atoms with Crippen LogP contribution in [0, 0.1) is 0 Å². The SMILES string of the molecule is COc1cc2cc(C(=O)NN=Cc3ccccn3)[nH]c2cc1OC. The molecular formula is C17H16N4O3.